The Bertz CT molecular complexity index is 643. The van der Waals surface area contributed by atoms with E-state index in [1.54, 1.807) is 13.8 Å². The molecule has 0 atom stereocenters. The molecule has 0 amide bonds. The van der Waals surface area contributed by atoms with Crippen molar-refractivity contribution in [1.82, 2.24) is 9.88 Å². The lowest BCUT2D eigenvalue weighted by molar-refractivity contribution is 0.392. The molecule has 1 aromatic heterocycles. The lowest BCUT2D eigenvalue weighted by Crippen LogP contribution is -2.27. The topological polar surface area (TPSA) is 72.2 Å². The predicted molar refractivity (Wildman–Crippen MR) is 76.7 cm³/mol. The Hall–Kier alpha value is -1.66. The minimum Gasteiger partial charge on any atom is -0.361 e. The van der Waals surface area contributed by atoms with Crippen LogP contribution in [0.5, 0.6) is 0 Å². The molecule has 0 aliphatic carbocycles. The standard InChI is InChI=1S/C14H18N2O3S/c1-11-14(12(2)19-16-11)10-15-20(17,18)9-8-13-6-4-3-5-7-13/h3-7,15H,8-10H2,1-2H3. The van der Waals surface area contributed by atoms with Crippen molar-refractivity contribution in [2.24, 2.45) is 0 Å². The zero-order valence-corrected chi connectivity index (χ0v) is 12.4. The Morgan fingerprint density at radius 3 is 2.50 bits per heavy atom. The highest BCUT2D eigenvalue weighted by molar-refractivity contribution is 7.89. The van der Waals surface area contributed by atoms with Crippen LogP contribution in [0.4, 0.5) is 0 Å². The lowest BCUT2D eigenvalue weighted by atomic mass is 10.2. The van der Waals surface area contributed by atoms with Crippen molar-refractivity contribution in [1.29, 1.82) is 0 Å². The molecule has 2 rings (SSSR count). The third-order valence-corrected chi connectivity index (χ3v) is 4.48. The van der Waals surface area contributed by atoms with Crippen LogP contribution in [0.25, 0.3) is 0 Å². The fourth-order valence-electron chi connectivity index (χ4n) is 1.91. The van der Waals surface area contributed by atoms with Crippen LogP contribution in [0.3, 0.4) is 0 Å². The van der Waals surface area contributed by atoms with Crippen molar-refractivity contribution in [3.8, 4) is 0 Å². The summed E-state index contributed by atoms with van der Waals surface area (Å²) in [5.41, 5.74) is 2.52. The molecule has 0 radical (unpaired) electrons. The van der Waals surface area contributed by atoms with Gasteiger partial charge in [-0.05, 0) is 25.8 Å². The van der Waals surface area contributed by atoms with Crippen LogP contribution in [0.1, 0.15) is 22.6 Å². The van der Waals surface area contributed by atoms with E-state index in [-0.39, 0.29) is 12.3 Å². The average Bonchev–Trinajstić information content (AvgIpc) is 2.75. The van der Waals surface area contributed by atoms with E-state index in [9.17, 15) is 8.42 Å². The van der Waals surface area contributed by atoms with E-state index in [1.165, 1.54) is 0 Å². The molecular formula is C14H18N2O3S. The molecule has 0 bridgehead atoms. The van der Waals surface area contributed by atoms with Crippen LogP contribution in [-0.4, -0.2) is 19.3 Å². The lowest BCUT2D eigenvalue weighted by Gasteiger charge is -2.06. The quantitative estimate of drug-likeness (QED) is 0.884. The molecule has 2 aromatic rings. The number of sulfonamides is 1. The van der Waals surface area contributed by atoms with Crippen LogP contribution >= 0.6 is 0 Å². The minimum absolute atomic E-state index is 0.0698. The van der Waals surface area contributed by atoms with Gasteiger partial charge in [0, 0.05) is 12.1 Å². The van der Waals surface area contributed by atoms with E-state index in [0.29, 0.717) is 17.9 Å². The first-order valence-electron chi connectivity index (χ1n) is 6.41. The highest BCUT2D eigenvalue weighted by atomic mass is 32.2. The van der Waals surface area contributed by atoms with Crippen molar-refractivity contribution in [2.75, 3.05) is 5.75 Å². The van der Waals surface area contributed by atoms with Gasteiger partial charge in [0.05, 0.1) is 11.4 Å². The van der Waals surface area contributed by atoms with E-state index in [2.05, 4.69) is 9.88 Å². The molecule has 6 heteroatoms. The molecular weight excluding hydrogens is 276 g/mol. The van der Waals surface area contributed by atoms with Gasteiger partial charge in [-0.2, -0.15) is 0 Å². The summed E-state index contributed by atoms with van der Waals surface area (Å²) in [5.74, 6) is 0.716. The Kier molecular flexibility index (Phi) is 4.57. The first kappa shape index (κ1) is 14.7. The maximum Gasteiger partial charge on any atom is 0.212 e. The number of aryl methyl sites for hydroxylation is 3. The van der Waals surface area contributed by atoms with Gasteiger partial charge in [0.2, 0.25) is 10.0 Å². The zero-order chi connectivity index (χ0) is 14.6. The number of benzene rings is 1. The summed E-state index contributed by atoms with van der Waals surface area (Å²) in [6, 6.07) is 9.56. The first-order valence-corrected chi connectivity index (χ1v) is 8.06. The van der Waals surface area contributed by atoms with Crippen LogP contribution in [0.15, 0.2) is 34.9 Å². The van der Waals surface area contributed by atoms with E-state index in [4.69, 9.17) is 4.52 Å². The van der Waals surface area contributed by atoms with Crippen LogP contribution < -0.4 is 4.72 Å². The number of hydrogen-bond acceptors (Lipinski definition) is 4. The molecule has 0 aliphatic heterocycles. The van der Waals surface area contributed by atoms with Gasteiger partial charge in [0.1, 0.15) is 5.76 Å². The summed E-state index contributed by atoms with van der Waals surface area (Å²) in [7, 11) is -3.31. The van der Waals surface area contributed by atoms with Gasteiger partial charge in [-0.1, -0.05) is 35.5 Å². The van der Waals surface area contributed by atoms with Gasteiger partial charge >= 0.3 is 0 Å². The number of nitrogens with one attached hydrogen (secondary N) is 1. The maximum atomic E-state index is 12.0. The van der Waals surface area contributed by atoms with Gasteiger partial charge in [-0.3, -0.25) is 0 Å². The normalized spacial score (nSPS) is 11.7. The number of aromatic nitrogens is 1. The Morgan fingerprint density at radius 2 is 1.90 bits per heavy atom. The fourth-order valence-corrected chi connectivity index (χ4v) is 2.92. The predicted octanol–water partition coefficient (Wildman–Crippen LogP) is 1.95. The Balaban J connectivity index is 1.92. The van der Waals surface area contributed by atoms with Crippen molar-refractivity contribution < 1.29 is 12.9 Å². The first-order chi connectivity index (χ1) is 9.48. The second-order valence-corrected chi connectivity index (χ2v) is 6.60. The van der Waals surface area contributed by atoms with Crippen molar-refractivity contribution in [3.63, 3.8) is 0 Å². The van der Waals surface area contributed by atoms with Crippen molar-refractivity contribution in [2.45, 2.75) is 26.8 Å². The molecule has 108 valence electrons. The SMILES string of the molecule is Cc1noc(C)c1CNS(=O)(=O)CCc1ccccc1. The smallest absolute Gasteiger partial charge is 0.212 e. The van der Waals surface area contributed by atoms with Crippen LogP contribution in [0.2, 0.25) is 0 Å². The molecule has 1 aromatic carbocycles. The molecule has 20 heavy (non-hydrogen) atoms. The third-order valence-electron chi connectivity index (χ3n) is 3.15. The molecule has 0 fully saturated rings. The molecule has 0 spiro atoms. The monoisotopic (exact) mass is 294 g/mol. The fraction of sp³-hybridized carbons (Fsp3) is 0.357. The van der Waals surface area contributed by atoms with Gasteiger partial charge in [-0.25, -0.2) is 13.1 Å². The molecule has 1 heterocycles. The Morgan fingerprint density at radius 1 is 1.20 bits per heavy atom. The Labute approximate surface area is 119 Å². The molecule has 1 N–H and O–H groups in total. The zero-order valence-electron chi connectivity index (χ0n) is 11.6. The summed E-state index contributed by atoms with van der Waals surface area (Å²) in [4.78, 5) is 0. The minimum atomic E-state index is -3.31. The van der Waals surface area contributed by atoms with E-state index in [1.807, 2.05) is 30.3 Å². The van der Waals surface area contributed by atoms with Gasteiger partial charge in [-0.15, -0.1) is 0 Å². The molecule has 5 nitrogen and oxygen atoms in total. The van der Waals surface area contributed by atoms with E-state index in [0.717, 1.165) is 11.1 Å². The number of nitrogens with zero attached hydrogens (tertiary/aromatic N) is 1. The van der Waals surface area contributed by atoms with Gasteiger partial charge in [0.15, 0.2) is 0 Å². The highest BCUT2D eigenvalue weighted by Gasteiger charge is 2.14. The summed E-state index contributed by atoms with van der Waals surface area (Å²) < 4.78 is 31.5. The number of hydrogen-bond donors (Lipinski definition) is 1. The third kappa shape index (κ3) is 3.91. The summed E-state index contributed by atoms with van der Waals surface area (Å²) >= 11 is 0. The molecule has 0 aliphatic rings. The second kappa shape index (κ2) is 6.19. The molecule has 0 unspecified atom stereocenters. The molecule has 0 saturated carbocycles. The summed E-state index contributed by atoms with van der Waals surface area (Å²) in [6.45, 7) is 3.79. The largest absolute Gasteiger partial charge is 0.361 e. The molecule has 0 saturated heterocycles. The van der Waals surface area contributed by atoms with Crippen LogP contribution in [0, 0.1) is 13.8 Å². The second-order valence-electron chi connectivity index (χ2n) is 4.68. The average molecular weight is 294 g/mol. The van der Waals surface area contributed by atoms with Gasteiger partial charge in [0.25, 0.3) is 0 Å². The van der Waals surface area contributed by atoms with Gasteiger partial charge < -0.3 is 4.52 Å². The van der Waals surface area contributed by atoms with Crippen molar-refractivity contribution >= 4 is 10.0 Å². The van der Waals surface area contributed by atoms with E-state index >= 15 is 0 Å². The maximum absolute atomic E-state index is 12.0. The summed E-state index contributed by atoms with van der Waals surface area (Å²) in [6.07, 6.45) is 0.498. The highest BCUT2D eigenvalue weighted by Crippen LogP contribution is 2.12. The number of rotatable bonds is 6. The van der Waals surface area contributed by atoms with Crippen molar-refractivity contribution in [3.05, 3.63) is 52.9 Å². The van der Waals surface area contributed by atoms with E-state index < -0.39 is 10.0 Å². The summed E-state index contributed by atoms with van der Waals surface area (Å²) in [5, 5.41) is 3.80. The van der Waals surface area contributed by atoms with Crippen LogP contribution in [-0.2, 0) is 23.0 Å².